The fourth-order valence-corrected chi connectivity index (χ4v) is 3.26. The highest BCUT2D eigenvalue weighted by Crippen LogP contribution is 2.17. The Labute approximate surface area is 160 Å². The molecular formula is C22H27N3O2. The van der Waals surface area contributed by atoms with Crippen LogP contribution in [0.25, 0.3) is 0 Å². The quantitative estimate of drug-likeness (QED) is 0.614. The first-order valence-corrected chi connectivity index (χ1v) is 9.29. The minimum Gasteiger partial charge on any atom is -0.467 e. The second-order valence-corrected chi connectivity index (χ2v) is 6.82. The van der Waals surface area contributed by atoms with E-state index in [9.17, 15) is 4.79 Å². The highest BCUT2D eigenvalue weighted by Gasteiger charge is 2.16. The average Bonchev–Trinajstić information content (AvgIpc) is 3.29. The van der Waals surface area contributed by atoms with Gasteiger partial charge in [0.2, 0.25) is 0 Å². The van der Waals surface area contributed by atoms with E-state index in [4.69, 9.17) is 4.42 Å². The third-order valence-electron chi connectivity index (χ3n) is 4.87. The number of rotatable bonds is 8. The van der Waals surface area contributed by atoms with E-state index >= 15 is 0 Å². The second-order valence-electron chi connectivity index (χ2n) is 6.82. The lowest BCUT2D eigenvalue weighted by Crippen LogP contribution is -2.28. The number of nitrogens with one attached hydrogen (secondary N) is 1. The summed E-state index contributed by atoms with van der Waals surface area (Å²) in [7, 11) is 2.07. The van der Waals surface area contributed by atoms with E-state index in [0.29, 0.717) is 13.1 Å². The van der Waals surface area contributed by atoms with Gasteiger partial charge in [0.25, 0.3) is 5.91 Å². The summed E-state index contributed by atoms with van der Waals surface area (Å²) in [5.74, 6) is 0.865. The van der Waals surface area contributed by atoms with E-state index in [0.717, 1.165) is 35.7 Å². The van der Waals surface area contributed by atoms with Crippen molar-refractivity contribution in [2.24, 2.45) is 0 Å². The van der Waals surface area contributed by atoms with Crippen molar-refractivity contribution in [3.8, 4) is 0 Å². The van der Waals surface area contributed by atoms with Gasteiger partial charge in [-0.1, -0.05) is 18.2 Å². The molecule has 0 atom stereocenters. The van der Waals surface area contributed by atoms with Gasteiger partial charge in [0, 0.05) is 37.2 Å². The molecule has 0 saturated heterocycles. The van der Waals surface area contributed by atoms with Crippen LogP contribution >= 0.6 is 0 Å². The molecule has 0 saturated carbocycles. The third-order valence-corrected chi connectivity index (χ3v) is 4.87. The molecule has 0 radical (unpaired) electrons. The zero-order valence-electron chi connectivity index (χ0n) is 16.2. The minimum atomic E-state index is -0.0174. The Bertz CT molecular complexity index is 867. The van der Waals surface area contributed by atoms with Crippen molar-refractivity contribution in [3.63, 3.8) is 0 Å². The van der Waals surface area contributed by atoms with Crippen LogP contribution in [0.4, 0.5) is 5.69 Å². The molecule has 0 aliphatic heterocycles. The predicted molar refractivity (Wildman–Crippen MR) is 108 cm³/mol. The zero-order chi connectivity index (χ0) is 19.2. The van der Waals surface area contributed by atoms with Crippen molar-refractivity contribution >= 4 is 11.6 Å². The van der Waals surface area contributed by atoms with Crippen LogP contribution in [-0.4, -0.2) is 30.6 Å². The standard InChI is InChI=1S/C22H27N3O2/c1-17-15-21(18(2)25(17)16-20-11-7-14-27-20)22(26)23-12-8-13-24(3)19-9-5-4-6-10-19/h4-7,9-11,14-15H,8,12-13,16H2,1-3H3,(H,23,26). The monoisotopic (exact) mass is 365 g/mol. The Morgan fingerprint density at radius 3 is 2.63 bits per heavy atom. The molecular weight excluding hydrogens is 338 g/mol. The average molecular weight is 365 g/mol. The van der Waals surface area contributed by atoms with Crippen molar-refractivity contribution in [1.82, 2.24) is 9.88 Å². The van der Waals surface area contributed by atoms with E-state index in [1.165, 1.54) is 5.69 Å². The lowest BCUT2D eigenvalue weighted by atomic mass is 10.2. The predicted octanol–water partition coefficient (Wildman–Crippen LogP) is 4.00. The Morgan fingerprint density at radius 2 is 1.93 bits per heavy atom. The summed E-state index contributed by atoms with van der Waals surface area (Å²) in [6.45, 7) is 6.18. The number of furan rings is 1. The van der Waals surface area contributed by atoms with Gasteiger partial charge in [-0.15, -0.1) is 0 Å². The van der Waals surface area contributed by atoms with Gasteiger partial charge in [0.1, 0.15) is 5.76 Å². The molecule has 2 aromatic heterocycles. The Morgan fingerprint density at radius 1 is 1.15 bits per heavy atom. The first kappa shape index (κ1) is 18.8. The van der Waals surface area contributed by atoms with Crippen LogP contribution in [0.1, 0.15) is 33.9 Å². The summed E-state index contributed by atoms with van der Waals surface area (Å²) in [5, 5.41) is 3.04. The van der Waals surface area contributed by atoms with Gasteiger partial charge in [-0.25, -0.2) is 0 Å². The SMILES string of the molecule is Cc1cc(C(=O)NCCCN(C)c2ccccc2)c(C)n1Cc1ccco1. The van der Waals surface area contributed by atoms with Crippen LogP contribution in [0.2, 0.25) is 0 Å². The van der Waals surface area contributed by atoms with Gasteiger partial charge in [-0.3, -0.25) is 4.79 Å². The van der Waals surface area contributed by atoms with Crippen molar-refractivity contribution < 1.29 is 9.21 Å². The van der Waals surface area contributed by atoms with Crippen molar-refractivity contribution in [2.45, 2.75) is 26.8 Å². The van der Waals surface area contributed by atoms with Crippen LogP contribution in [0.15, 0.2) is 59.2 Å². The number of hydrogen-bond donors (Lipinski definition) is 1. The number of benzene rings is 1. The fraction of sp³-hybridized carbons (Fsp3) is 0.318. The van der Waals surface area contributed by atoms with Gasteiger partial charge in [-0.2, -0.15) is 0 Å². The number of carbonyl (C=O) groups is 1. The number of aryl methyl sites for hydroxylation is 1. The van der Waals surface area contributed by atoms with E-state index in [1.807, 2.05) is 50.2 Å². The molecule has 0 spiro atoms. The first-order chi connectivity index (χ1) is 13.1. The first-order valence-electron chi connectivity index (χ1n) is 9.29. The number of hydrogen-bond acceptors (Lipinski definition) is 3. The number of nitrogens with zero attached hydrogens (tertiary/aromatic N) is 2. The second kappa shape index (κ2) is 8.62. The zero-order valence-corrected chi connectivity index (χ0v) is 16.2. The molecule has 0 aliphatic carbocycles. The summed E-state index contributed by atoms with van der Waals surface area (Å²) >= 11 is 0. The highest BCUT2D eigenvalue weighted by atomic mass is 16.3. The molecule has 0 aliphatic rings. The van der Waals surface area contributed by atoms with E-state index in [1.54, 1.807) is 6.26 Å². The maximum atomic E-state index is 12.6. The van der Waals surface area contributed by atoms with Crippen LogP contribution in [-0.2, 0) is 6.54 Å². The molecule has 1 N–H and O–H groups in total. The molecule has 3 rings (SSSR count). The van der Waals surface area contributed by atoms with Gasteiger partial charge in [0.05, 0.1) is 18.4 Å². The van der Waals surface area contributed by atoms with Crippen molar-refractivity contribution in [3.05, 3.63) is 77.5 Å². The highest BCUT2D eigenvalue weighted by molar-refractivity contribution is 5.95. The van der Waals surface area contributed by atoms with Crippen LogP contribution in [0.5, 0.6) is 0 Å². The molecule has 5 heteroatoms. The van der Waals surface area contributed by atoms with Crippen molar-refractivity contribution in [1.29, 1.82) is 0 Å². The summed E-state index contributed by atoms with van der Waals surface area (Å²) in [6, 6.07) is 16.0. The molecule has 0 unspecified atom stereocenters. The maximum Gasteiger partial charge on any atom is 0.253 e. The number of carbonyl (C=O) groups excluding carboxylic acids is 1. The summed E-state index contributed by atoms with van der Waals surface area (Å²) in [4.78, 5) is 14.8. The fourth-order valence-electron chi connectivity index (χ4n) is 3.26. The lowest BCUT2D eigenvalue weighted by Gasteiger charge is -2.19. The van der Waals surface area contributed by atoms with E-state index in [2.05, 4.69) is 34.0 Å². The molecule has 5 nitrogen and oxygen atoms in total. The Kier molecular flexibility index (Phi) is 6.01. The van der Waals surface area contributed by atoms with Gasteiger partial charge in [-0.05, 0) is 50.6 Å². The molecule has 2 heterocycles. The number of aromatic nitrogens is 1. The van der Waals surface area contributed by atoms with Crippen molar-refractivity contribution in [2.75, 3.05) is 25.0 Å². The van der Waals surface area contributed by atoms with Crippen LogP contribution < -0.4 is 10.2 Å². The molecule has 1 aromatic carbocycles. The molecule has 3 aromatic rings. The smallest absolute Gasteiger partial charge is 0.253 e. The van der Waals surface area contributed by atoms with Gasteiger partial charge in [0.15, 0.2) is 0 Å². The molecule has 0 bridgehead atoms. The largest absolute Gasteiger partial charge is 0.467 e. The summed E-state index contributed by atoms with van der Waals surface area (Å²) in [5.41, 5.74) is 3.93. The van der Waals surface area contributed by atoms with E-state index in [-0.39, 0.29) is 5.91 Å². The third kappa shape index (κ3) is 4.61. The Hall–Kier alpha value is -2.95. The Balaban J connectivity index is 1.52. The lowest BCUT2D eigenvalue weighted by molar-refractivity contribution is 0.0952. The number of amides is 1. The topological polar surface area (TPSA) is 50.4 Å². The number of anilines is 1. The van der Waals surface area contributed by atoms with Gasteiger partial charge < -0.3 is 19.2 Å². The maximum absolute atomic E-state index is 12.6. The molecule has 0 fully saturated rings. The summed E-state index contributed by atoms with van der Waals surface area (Å²) in [6.07, 6.45) is 2.56. The molecule has 27 heavy (non-hydrogen) atoms. The van der Waals surface area contributed by atoms with Crippen LogP contribution in [0, 0.1) is 13.8 Å². The number of para-hydroxylation sites is 1. The van der Waals surface area contributed by atoms with E-state index < -0.39 is 0 Å². The minimum absolute atomic E-state index is 0.0174. The summed E-state index contributed by atoms with van der Waals surface area (Å²) < 4.78 is 7.54. The van der Waals surface area contributed by atoms with Crippen LogP contribution in [0.3, 0.4) is 0 Å². The molecule has 142 valence electrons. The normalized spacial score (nSPS) is 10.8. The molecule has 1 amide bonds. The van der Waals surface area contributed by atoms with Gasteiger partial charge >= 0.3 is 0 Å².